The third-order valence-electron chi connectivity index (χ3n) is 7.34. The smallest absolute Gasteiger partial charge is 0.369 e. The predicted molar refractivity (Wildman–Crippen MR) is 140 cm³/mol. The van der Waals surface area contributed by atoms with Crippen LogP contribution in [0.1, 0.15) is 63.1 Å². The van der Waals surface area contributed by atoms with E-state index in [1.807, 2.05) is 13.8 Å². The maximum Gasteiger partial charge on any atom is 0.498 e. The Labute approximate surface area is 230 Å². The Morgan fingerprint density at radius 1 is 1.08 bits per heavy atom. The minimum Gasteiger partial charge on any atom is -0.369 e. The molecule has 208 valence electrons. The first-order chi connectivity index (χ1) is 17.6. The van der Waals surface area contributed by atoms with Crippen LogP contribution in [0.4, 0.5) is 13.2 Å². The number of hydrogen-bond donors (Lipinski definition) is 1. The van der Waals surface area contributed by atoms with Crippen LogP contribution in [0.15, 0.2) is 48.5 Å². The lowest BCUT2D eigenvalue weighted by Crippen LogP contribution is -2.63. The first kappa shape index (κ1) is 30.2. The zero-order valence-corrected chi connectivity index (χ0v) is 23.3. The number of alkyl halides is 3. The highest BCUT2D eigenvalue weighted by atomic mass is 35.5. The van der Waals surface area contributed by atoms with Gasteiger partial charge in [-0.05, 0) is 61.6 Å². The second-order valence-corrected chi connectivity index (χ2v) is 12.6. The molecule has 0 spiro atoms. The molecule has 1 heterocycles. The second kappa shape index (κ2) is 11.1. The number of carbonyl (C=O) groups is 2. The van der Waals surface area contributed by atoms with Gasteiger partial charge in [0.1, 0.15) is 0 Å². The molecular weight excluding hydrogens is 564 g/mol. The number of halogens is 5. The van der Waals surface area contributed by atoms with Gasteiger partial charge < -0.3 is 10.6 Å². The van der Waals surface area contributed by atoms with Crippen molar-refractivity contribution >= 4 is 44.9 Å². The molecule has 2 aromatic rings. The van der Waals surface area contributed by atoms with E-state index in [-0.39, 0.29) is 0 Å². The number of piperidine rings is 1. The van der Waals surface area contributed by atoms with Crippen LogP contribution in [-0.4, -0.2) is 41.9 Å². The van der Waals surface area contributed by atoms with Crippen molar-refractivity contribution in [1.82, 2.24) is 4.90 Å². The Bertz CT molecular complexity index is 1300. The second-order valence-electron chi connectivity index (χ2n) is 9.74. The van der Waals surface area contributed by atoms with Crippen molar-refractivity contribution in [2.24, 2.45) is 11.1 Å². The molecule has 1 saturated heterocycles. The molecule has 4 unspecified atom stereocenters. The summed E-state index contributed by atoms with van der Waals surface area (Å²) in [4.78, 5) is 28.2. The molecule has 12 heteroatoms. The predicted octanol–water partition coefficient (Wildman–Crippen LogP) is 6.03. The maximum atomic E-state index is 14.3. The molecule has 0 saturated carbocycles. The highest BCUT2D eigenvalue weighted by molar-refractivity contribution is 7.93. The van der Waals surface area contributed by atoms with Crippen LogP contribution in [0.25, 0.3) is 0 Å². The maximum absolute atomic E-state index is 14.3. The van der Waals surface area contributed by atoms with Crippen LogP contribution >= 0.6 is 23.2 Å². The Balaban J connectivity index is 2.37. The standard InChI is InChI=1S/C26H29Cl2F3N2O4S/c1-4-19(5-2)33-21(15-9-11-17(27)12-10-15)20(16-7-6-8-18(28)13-16)14-25(3,24(33)35)22(23(32)34)38(36,37)26(29,30)31/h6-13,19-22H,4-5,14H2,1-3H3,(H2,32,34). The average Bonchev–Trinajstić information content (AvgIpc) is 2.82. The molecule has 0 bridgehead atoms. The van der Waals surface area contributed by atoms with Crippen LogP contribution in [0.5, 0.6) is 0 Å². The van der Waals surface area contributed by atoms with Crippen LogP contribution in [0.2, 0.25) is 10.0 Å². The lowest BCUT2D eigenvalue weighted by Gasteiger charge is -2.53. The number of hydrogen-bond acceptors (Lipinski definition) is 4. The third-order valence-corrected chi connectivity index (χ3v) is 9.85. The van der Waals surface area contributed by atoms with Gasteiger partial charge in [-0.3, -0.25) is 9.59 Å². The van der Waals surface area contributed by atoms with Gasteiger partial charge in [-0.25, -0.2) is 8.42 Å². The molecule has 1 fully saturated rings. The molecule has 3 rings (SSSR count). The number of nitrogens with two attached hydrogens (primary N) is 1. The monoisotopic (exact) mass is 592 g/mol. The number of carbonyl (C=O) groups excluding carboxylic acids is 2. The van der Waals surface area contributed by atoms with Gasteiger partial charge in [-0.2, -0.15) is 13.2 Å². The summed E-state index contributed by atoms with van der Waals surface area (Å²) in [5, 5.41) is -2.04. The Kier molecular flexibility index (Phi) is 8.80. The van der Waals surface area contributed by atoms with Crippen molar-refractivity contribution in [3.8, 4) is 0 Å². The normalized spacial score (nSPS) is 23.5. The van der Waals surface area contributed by atoms with Gasteiger partial charge in [-0.15, -0.1) is 0 Å². The first-order valence-electron chi connectivity index (χ1n) is 12.0. The summed E-state index contributed by atoms with van der Waals surface area (Å²) < 4.78 is 66.8. The van der Waals surface area contributed by atoms with E-state index in [2.05, 4.69) is 0 Å². The number of rotatable bonds is 8. The van der Waals surface area contributed by atoms with Crippen molar-refractivity contribution in [3.63, 3.8) is 0 Å². The van der Waals surface area contributed by atoms with Gasteiger partial charge in [0.05, 0.1) is 11.5 Å². The molecule has 0 radical (unpaired) electrons. The fraction of sp³-hybridized carbons (Fsp3) is 0.462. The molecule has 6 nitrogen and oxygen atoms in total. The van der Waals surface area contributed by atoms with E-state index in [4.69, 9.17) is 28.9 Å². The zero-order chi connectivity index (χ0) is 28.6. The van der Waals surface area contributed by atoms with Gasteiger partial charge in [0.25, 0.3) is 9.84 Å². The van der Waals surface area contributed by atoms with Crippen molar-refractivity contribution in [3.05, 3.63) is 69.7 Å². The number of benzene rings is 2. The Morgan fingerprint density at radius 3 is 2.13 bits per heavy atom. The van der Waals surface area contributed by atoms with Crippen LogP contribution < -0.4 is 5.73 Å². The molecule has 38 heavy (non-hydrogen) atoms. The summed E-state index contributed by atoms with van der Waals surface area (Å²) >= 11 is 12.4. The highest BCUT2D eigenvalue weighted by Crippen LogP contribution is 2.54. The van der Waals surface area contributed by atoms with Gasteiger partial charge in [-0.1, -0.05) is 61.3 Å². The summed E-state index contributed by atoms with van der Waals surface area (Å²) in [6, 6.07) is 12.1. The van der Waals surface area contributed by atoms with Crippen LogP contribution in [0, 0.1) is 5.41 Å². The largest absolute Gasteiger partial charge is 0.498 e. The van der Waals surface area contributed by atoms with E-state index in [9.17, 15) is 31.2 Å². The highest BCUT2D eigenvalue weighted by Gasteiger charge is 2.65. The van der Waals surface area contributed by atoms with E-state index >= 15 is 0 Å². The van der Waals surface area contributed by atoms with Crippen molar-refractivity contribution < 1.29 is 31.2 Å². The summed E-state index contributed by atoms with van der Waals surface area (Å²) in [7, 11) is -6.16. The molecule has 1 aliphatic heterocycles. The van der Waals surface area contributed by atoms with Crippen LogP contribution in [-0.2, 0) is 19.4 Å². The van der Waals surface area contributed by atoms with E-state index < -0.39 is 62.2 Å². The van der Waals surface area contributed by atoms with Crippen molar-refractivity contribution in [1.29, 1.82) is 0 Å². The number of amides is 2. The van der Waals surface area contributed by atoms with Gasteiger partial charge in [0.15, 0.2) is 5.25 Å². The lowest BCUT2D eigenvalue weighted by atomic mass is 9.66. The first-order valence-corrected chi connectivity index (χ1v) is 14.3. The minimum atomic E-state index is -6.16. The number of sulfone groups is 1. The van der Waals surface area contributed by atoms with Crippen molar-refractivity contribution in [2.75, 3.05) is 0 Å². The fourth-order valence-electron chi connectivity index (χ4n) is 5.60. The molecule has 4 atom stereocenters. The van der Waals surface area contributed by atoms with E-state index in [0.29, 0.717) is 34.0 Å². The molecule has 2 aromatic carbocycles. The van der Waals surface area contributed by atoms with Gasteiger partial charge in [0, 0.05) is 22.0 Å². The fourth-order valence-corrected chi connectivity index (χ4v) is 7.38. The summed E-state index contributed by atoms with van der Waals surface area (Å²) in [5.74, 6) is -3.36. The van der Waals surface area contributed by atoms with E-state index in [1.54, 1.807) is 48.5 Å². The molecule has 2 amide bonds. The molecule has 2 N–H and O–H groups in total. The molecule has 1 aliphatic rings. The topological polar surface area (TPSA) is 97.5 Å². The minimum absolute atomic E-state index is 0.347. The number of primary amides is 1. The molecular formula is C26H29Cl2F3N2O4S. The summed E-state index contributed by atoms with van der Waals surface area (Å²) in [5.41, 5.74) is -1.57. The van der Waals surface area contributed by atoms with Crippen LogP contribution in [0.3, 0.4) is 0 Å². The SMILES string of the molecule is CCC(CC)N1C(=O)C(C)(C(C(N)=O)S(=O)(=O)C(F)(F)F)CC(c2cccc(Cl)c2)C1c1ccc(Cl)cc1. The third kappa shape index (κ3) is 5.40. The van der Waals surface area contributed by atoms with Gasteiger partial charge >= 0.3 is 5.51 Å². The summed E-state index contributed by atoms with van der Waals surface area (Å²) in [6.07, 6.45) is 0.453. The molecule has 0 aliphatic carbocycles. The zero-order valence-electron chi connectivity index (χ0n) is 21.0. The van der Waals surface area contributed by atoms with E-state index in [1.165, 1.54) is 4.90 Å². The Hall–Kier alpha value is -2.30. The summed E-state index contributed by atoms with van der Waals surface area (Å²) in [6.45, 7) is 4.72. The number of likely N-dealkylation sites (tertiary alicyclic amines) is 1. The van der Waals surface area contributed by atoms with E-state index in [0.717, 1.165) is 6.92 Å². The lowest BCUT2D eigenvalue weighted by molar-refractivity contribution is -0.157. The number of nitrogens with zero attached hydrogens (tertiary/aromatic N) is 1. The quantitative estimate of drug-likeness (QED) is 0.404. The van der Waals surface area contributed by atoms with Crippen molar-refractivity contribution in [2.45, 2.75) is 68.8 Å². The average molecular weight is 593 g/mol. The molecule has 0 aromatic heterocycles. The van der Waals surface area contributed by atoms with Gasteiger partial charge in [0.2, 0.25) is 11.8 Å². The Morgan fingerprint density at radius 2 is 1.66 bits per heavy atom.